The quantitative estimate of drug-likeness (QED) is 0.210. The molecule has 0 unspecified atom stereocenters. The number of phenolic OH excluding ortho intramolecular Hbond substituents is 1. The summed E-state index contributed by atoms with van der Waals surface area (Å²) in [6, 6.07) is 15.4. The van der Waals surface area contributed by atoms with Crippen LogP contribution >= 0.6 is 22.2 Å². The van der Waals surface area contributed by atoms with Gasteiger partial charge in [0.15, 0.2) is 0 Å². The van der Waals surface area contributed by atoms with Crippen LogP contribution in [-0.2, 0) is 12.8 Å². The molecule has 0 bridgehead atoms. The van der Waals surface area contributed by atoms with Crippen LogP contribution < -0.4 is 0 Å². The van der Waals surface area contributed by atoms with Crippen molar-refractivity contribution in [1.29, 1.82) is 0 Å². The van der Waals surface area contributed by atoms with E-state index in [1.54, 1.807) is 6.07 Å². The van der Waals surface area contributed by atoms with E-state index in [1.807, 2.05) is 12.1 Å². The average Bonchev–Trinajstić information content (AvgIpc) is 2.65. The number of benzene rings is 2. The smallest absolute Gasteiger partial charge is 0.273 e. The highest BCUT2D eigenvalue weighted by atomic mass is 35.7. The molecule has 0 aromatic heterocycles. The Morgan fingerprint density at radius 1 is 0.815 bits per heavy atom. The Kier molecular flexibility index (Phi) is 10.3. The van der Waals surface area contributed by atoms with Crippen LogP contribution in [0, 0.1) is 0 Å². The van der Waals surface area contributed by atoms with Crippen LogP contribution in [0.15, 0.2) is 42.5 Å². The van der Waals surface area contributed by atoms with Gasteiger partial charge in [-0.25, -0.2) is 0 Å². The van der Waals surface area contributed by atoms with Crippen molar-refractivity contribution in [2.24, 2.45) is 0 Å². The number of hydrogen-bond donors (Lipinski definition) is 1. The van der Waals surface area contributed by atoms with Crippen molar-refractivity contribution in [1.82, 2.24) is 0 Å². The Hall–Kier alpha value is -0.963. The number of rotatable bonds is 12. The molecule has 0 spiro atoms. The third-order valence-corrected chi connectivity index (χ3v) is 6.85. The van der Waals surface area contributed by atoms with Gasteiger partial charge in [0.1, 0.15) is 5.75 Å². The summed E-state index contributed by atoms with van der Waals surface area (Å²) < 4.78 is 0. The number of unbranched alkanes of at least 4 members (excludes halogenated alkanes) is 5. The van der Waals surface area contributed by atoms with E-state index >= 15 is 0 Å². The van der Waals surface area contributed by atoms with Gasteiger partial charge in [-0.1, -0.05) is 69.4 Å². The molecule has 0 fully saturated rings. The zero-order valence-electron chi connectivity index (χ0n) is 16.3. The molecule has 27 heavy (non-hydrogen) atoms. The summed E-state index contributed by atoms with van der Waals surface area (Å²) in [6.45, 7) is 2.26. The van der Waals surface area contributed by atoms with Gasteiger partial charge in [0, 0.05) is 0 Å². The first kappa shape index (κ1) is 22.3. The lowest BCUT2D eigenvalue weighted by Gasteiger charge is -2.11. The van der Waals surface area contributed by atoms with Gasteiger partial charge in [0.2, 0.25) is 0 Å². The molecule has 4 heteroatoms. The fourth-order valence-corrected chi connectivity index (χ4v) is 4.69. The minimum Gasteiger partial charge on any atom is -0.508 e. The maximum absolute atomic E-state index is 9.87. The van der Waals surface area contributed by atoms with Crippen molar-refractivity contribution >= 4 is 29.6 Å². The van der Waals surface area contributed by atoms with E-state index in [0.29, 0.717) is 5.75 Å². The lowest BCUT2D eigenvalue weighted by Crippen LogP contribution is -1.96. The van der Waals surface area contributed by atoms with Crippen molar-refractivity contribution < 1.29 is 5.11 Å². The van der Waals surface area contributed by atoms with E-state index < -0.39 is 7.42 Å². The number of aromatic hydroxyl groups is 1. The molecule has 1 radical (unpaired) electrons. The molecule has 1 nitrogen and oxygen atoms in total. The van der Waals surface area contributed by atoms with E-state index in [1.165, 1.54) is 55.2 Å². The Labute approximate surface area is 175 Å². The molecule has 0 amide bonds. The molecule has 0 aliphatic heterocycles. The second kappa shape index (κ2) is 12.5. The number of hydrogen-bond acceptors (Lipinski definition) is 1. The van der Waals surface area contributed by atoms with Crippen molar-refractivity contribution in [3.63, 3.8) is 0 Å². The summed E-state index contributed by atoms with van der Waals surface area (Å²) in [4.78, 5) is 0. The molecule has 2 aromatic rings. The number of halogens is 2. The van der Waals surface area contributed by atoms with E-state index in [-0.39, 0.29) is 0 Å². The summed E-state index contributed by atoms with van der Waals surface area (Å²) in [6.07, 6.45) is 11.0. The van der Waals surface area contributed by atoms with Crippen molar-refractivity contribution in [3.8, 4) is 16.9 Å². The molecule has 0 heterocycles. The second-order valence-corrected chi connectivity index (χ2v) is 11.7. The highest BCUT2D eigenvalue weighted by molar-refractivity contribution is 7.33. The lowest BCUT2D eigenvalue weighted by molar-refractivity contribution is 0.474. The minimum atomic E-state index is -1.23. The minimum absolute atomic E-state index is 0.315. The Morgan fingerprint density at radius 2 is 1.52 bits per heavy atom. The Morgan fingerprint density at radius 3 is 2.22 bits per heavy atom. The zero-order valence-corrected chi connectivity index (χ0v) is 18.8. The third-order valence-electron chi connectivity index (χ3n) is 4.98. The van der Waals surface area contributed by atoms with Gasteiger partial charge in [-0.2, -0.15) is 0 Å². The molecule has 0 aliphatic carbocycles. The van der Waals surface area contributed by atoms with Crippen LogP contribution in [0.25, 0.3) is 11.1 Å². The first-order valence-electron chi connectivity index (χ1n) is 10.2. The van der Waals surface area contributed by atoms with E-state index in [0.717, 1.165) is 30.9 Å². The normalized spacial score (nSPS) is 11.3. The fraction of sp³-hybridized carbons (Fsp3) is 0.478. The van der Waals surface area contributed by atoms with Crippen LogP contribution in [0.2, 0.25) is 6.04 Å². The van der Waals surface area contributed by atoms with Gasteiger partial charge in [0.25, 0.3) is 7.42 Å². The summed E-state index contributed by atoms with van der Waals surface area (Å²) in [5.41, 5.74) is 4.97. The van der Waals surface area contributed by atoms with Gasteiger partial charge in [-0.3, -0.25) is 0 Å². The van der Waals surface area contributed by atoms with Crippen molar-refractivity contribution in [2.45, 2.75) is 70.8 Å². The zero-order chi connectivity index (χ0) is 19.5. The van der Waals surface area contributed by atoms with Gasteiger partial charge in [0.05, 0.1) is 0 Å². The summed E-state index contributed by atoms with van der Waals surface area (Å²) >= 11 is 11.9. The highest BCUT2D eigenvalue weighted by Gasteiger charge is 2.09. The number of phenols is 1. The molecule has 2 aromatic carbocycles. The van der Waals surface area contributed by atoms with E-state index in [9.17, 15) is 5.11 Å². The van der Waals surface area contributed by atoms with Crippen LogP contribution in [0.1, 0.15) is 63.0 Å². The molecule has 0 saturated heterocycles. The average molecular weight is 422 g/mol. The molecular weight excluding hydrogens is 391 g/mol. The van der Waals surface area contributed by atoms with Gasteiger partial charge < -0.3 is 5.11 Å². The van der Waals surface area contributed by atoms with Gasteiger partial charge in [-0.05, 0) is 66.1 Å². The first-order valence-corrected chi connectivity index (χ1v) is 13.9. The van der Waals surface area contributed by atoms with Gasteiger partial charge >= 0.3 is 0 Å². The summed E-state index contributed by atoms with van der Waals surface area (Å²) in [7, 11) is -1.23. The van der Waals surface area contributed by atoms with Crippen LogP contribution in [0.5, 0.6) is 5.75 Å². The predicted molar refractivity (Wildman–Crippen MR) is 121 cm³/mol. The predicted octanol–water partition coefficient (Wildman–Crippen LogP) is 7.86. The van der Waals surface area contributed by atoms with Crippen LogP contribution in [0.4, 0.5) is 0 Å². The monoisotopic (exact) mass is 421 g/mol. The largest absolute Gasteiger partial charge is 0.508 e. The standard InChI is InChI=1S/C23H31Cl2OSi/c1-2-3-4-5-6-7-9-19-11-13-20(14-12-19)23-16-15-22(26)18-21(23)10-8-17-27(24)25/h11-16,18,26H,2-10,17H2,1H3. The SMILES string of the molecule is CCCCCCCCc1ccc(-c2ccc(O)cc2CCC[Si](Cl)Cl)cc1. The van der Waals surface area contributed by atoms with Crippen molar-refractivity contribution in [3.05, 3.63) is 53.6 Å². The molecule has 147 valence electrons. The second-order valence-electron chi connectivity index (χ2n) is 7.25. The molecule has 2 rings (SSSR count). The molecular formula is C23H31Cl2OSi. The first-order chi connectivity index (χ1) is 13.1. The van der Waals surface area contributed by atoms with Gasteiger partial charge in [-0.15, -0.1) is 22.2 Å². The Balaban J connectivity index is 1.95. The molecule has 1 N–H and O–H groups in total. The Bertz CT molecular complexity index is 671. The van der Waals surface area contributed by atoms with Crippen LogP contribution in [0.3, 0.4) is 0 Å². The lowest BCUT2D eigenvalue weighted by atomic mass is 9.95. The highest BCUT2D eigenvalue weighted by Crippen LogP contribution is 2.29. The summed E-state index contributed by atoms with van der Waals surface area (Å²) in [5.74, 6) is 0.315. The van der Waals surface area contributed by atoms with Crippen LogP contribution in [-0.4, -0.2) is 12.5 Å². The fourth-order valence-electron chi connectivity index (χ4n) is 3.44. The maximum atomic E-state index is 9.87. The molecule has 0 atom stereocenters. The maximum Gasteiger partial charge on any atom is 0.273 e. The topological polar surface area (TPSA) is 20.2 Å². The number of aryl methyl sites for hydroxylation is 2. The summed E-state index contributed by atoms with van der Waals surface area (Å²) in [5, 5.41) is 9.87. The third kappa shape index (κ3) is 8.29. The van der Waals surface area contributed by atoms with E-state index in [4.69, 9.17) is 22.2 Å². The molecule has 0 aliphatic rings. The van der Waals surface area contributed by atoms with E-state index in [2.05, 4.69) is 31.2 Å². The molecule has 0 saturated carbocycles. The van der Waals surface area contributed by atoms with Crippen molar-refractivity contribution in [2.75, 3.05) is 0 Å².